The second kappa shape index (κ2) is 7.59. The second-order valence-corrected chi connectivity index (χ2v) is 8.39. The molecule has 1 amide bonds. The van der Waals surface area contributed by atoms with E-state index in [-0.39, 0.29) is 17.4 Å². The molecule has 3 aromatic rings. The molecule has 3 heterocycles. The molecule has 0 radical (unpaired) electrons. The van der Waals surface area contributed by atoms with Gasteiger partial charge in [0.15, 0.2) is 5.69 Å². The van der Waals surface area contributed by atoms with Gasteiger partial charge < -0.3 is 10.0 Å². The fourth-order valence-corrected chi connectivity index (χ4v) is 4.49. The van der Waals surface area contributed by atoms with Gasteiger partial charge in [-0.05, 0) is 55.7 Å². The Bertz CT molecular complexity index is 1020. The Balaban J connectivity index is 1.50. The van der Waals surface area contributed by atoms with E-state index in [0.29, 0.717) is 18.8 Å². The number of aromatic amines is 1. The van der Waals surface area contributed by atoms with Gasteiger partial charge in [-0.2, -0.15) is 5.10 Å². The third kappa shape index (κ3) is 3.71. The molecule has 2 aromatic heterocycles. The number of carboxylic acids is 1. The molecular formula is C21H21N3O3S. The van der Waals surface area contributed by atoms with Crippen molar-refractivity contribution >= 4 is 23.2 Å². The summed E-state index contributed by atoms with van der Waals surface area (Å²) in [7, 11) is 0. The van der Waals surface area contributed by atoms with Crippen LogP contribution in [0.4, 0.5) is 0 Å². The van der Waals surface area contributed by atoms with Crippen molar-refractivity contribution in [1.29, 1.82) is 0 Å². The number of rotatable bonds is 4. The minimum Gasteiger partial charge on any atom is -0.478 e. The highest BCUT2D eigenvalue weighted by Crippen LogP contribution is 2.30. The molecular weight excluding hydrogens is 374 g/mol. The van der Waals surface area contributed by atoms with E-state index < -0.39 is 5.97 Å². The van der Waals surface area contributed by atoms with Gasteiger partial charge in [0.05, 0.1) is 16.1 Å². The number of carboxylic acid groups (broad SMARTS) is 1. The lowest BCUT2D eigenvalue weighted by Gasteiger charge is -2.32. The number of amides is 1. The smallest absolute Gasteiger partial charge is 0.335 e. The molecule has 144 valence electrons. The predicted octanol–water partition coefficient (Wildman–Crippen LogP) is 4.16. The van der Waals surface area contributed by atoms with Crippen LogP contribution < -0.4 is 0 Å². The number of H-pyrrole nitrogens is 1. The van der Waals surface area contributed by atoms with Gasteiger partial charge in [-0.1, -0.05) is 12.1 Å². The highest BCUT2D eigenvalue weighted by Gasteiger charge is 2.27. The first-order chi connectivity index (χ1) is 13.5. The first-order valence-corrected chi connectivity index (χ1v) is 10.1. The van der Waals surface area contributed by atoms with Gasteiger partial charge >= 0.3 is 5.97 Å². The Morgan fingerprint density at radius 1 is 1.25 bits per heavy atom. The highest BCUT2D eigenvalue weighted by atomic mass is 32.1. The van der Waals surface area contributed by atoms with E-state index in [2.05, 4.69) is 10.2 Å². The summed E-state index contributed by atoms with van der Waals surface area (Å²) < 4.78 is 0. The van der Waals surface area contributed by atoms with Gasteiger partial charge in [-0.15, -0.1) is 11.3 Å². The van der Waals surface area contributed by atoms with Crippen LogP contribution in [0.1, 0.15) is 50.0 Å². The lowest BCUT2D eigenvalue weighted by molar-refractivity contribution is 0.0685. The SMILES string of the molecule is Cc1ccc(-c2cc(C(=O)N3CCCC(c4cccc(C(=O)O)c4)C3)n[nH]2)s1. The zero-order chi connectivity index (χ0) is 19.7. The fourth-order valence-electron chi connectivity index (χ4n) is 3.66. The normalized spacial score (nSPS) is 16.9. The zero-order valence-corrected chi connectivity index (χ0v) is 16.3. The summed E-state index contributed by atoms with van der Waals surface area (Å²) in [5, 5.41) is 16.4. The van der Waals surface area contributed by atoms with Gasteiger partial charge in [0.1, 0.15) is 0 Å². The average Bonchev–Trinajstić information content (AvgIpc) is 3.37. The van der Waals surface area contributed by atoms with Crippen LogP contribution >= 0.6 is 11.3 Å². The summed E-state index contributed by atoms with van der Waals surface area (Å²) in [6.07, 6.45) is 1.82. The molecule has 28 heavy (non-hydrogen) atoms. The van der Waals surface area contributed by atoms with E-state index in [1.165, 1.54) is 4.88 Å². The van der Waals surface area contributed by atoms with Crippen molar-refractivity contribution in [3.05, 3.63) is 64.2 Å². The van der Waals surface area contributed by atoms with Crippen molar-refractivity contribution < 1.29 is 14.7 Å². The third-order valence-electron chi connectivity index (χ3n) is 5.12. The van der Waals surface area contributed by atoms with Gasteiger partial charge in [0.25, 0.3) is 5.91 Å². The van der Waals surface area contributed by atoms with Crippen molar-refractivity contribution in [3.8, 4) is 10.6 Å². The monoisotopic (exact) mass is 395 g/mol. The molecule has 1 fully saturated rings. The number of hydrogen-bond donors (Lipinski definition) is 2. The van der Waals surface area contributed by atoms with Crippen molar-refractivity contribution in [2.75, 3.05) is 13.1 Å². The van der Waals surface area contributed by atoms with Crippen LogP contribution in [-0.4, -0.2) is 45.2 Å². The Hall–Kier alpha value is -2.93. The summed E-state index contributed by atoms with van der Waals surface area (Å²) in [5.41, 5.74) is 2.52. The van der Waals surface area contributed by atoms with Crippen LogP contribution in [-0.2, 0) is 0 Å². The maximum atomic E-state index is 13.0. The molecule has 0 saturated carbocycles. The maximum Gasteiger partial charge on any atom is 0.335 e. The zero-order valence-electron chi connectivity index (χ0n) is 15.5. The topological polar surface area (TPSA) is 86.3 Å². The first kappa shape index (κ1) is 18.4. The van der Waals surface area contributed by atoms with Crippen LogP contribution in [0.25, 0.3) is 10.6 Å². The van der Waals surface area contributed by atoms with E-state index >= 15 is 0 Å². The lowest BCUT2D eigenvalue weighted by atomic mass is 9.89. The standard InChI is InChI=1S/C21H21N3O3S/c1-13-7-8-19(28-13)17-11-18(23-22-17)20(25)24-9-3-6-16(12-24)14-4-2-5-15(10-14)21(26)27/h2,4-5,7-8,10-11,16H,3,6,9,12H2,1H3,(H,22,23)(H,26,27). The molecule has 2 N–H and O–H groups in total. The molecule has 4 rings (SSSR count). The Labute approximate surface area is 166 Å². The number of carbonyl (C=O) groups is 2. The van der Waals surface area contributed by atoms with Crippen molar-refractivity contribution in [2.45, 2.75) is 25.7 Å². The minimum absolute atomic E-state index is 0.0881. The maximum absolute atomic E-state index is 13.0. The molecule has 0 bridgehead atoms. The van der Waals surface area contributed by atoms with Crippen LogP contribution in [0.3, 0.4) is 0 Å². The quantitative estimate of drug-likeness (QED) is 0.694. The number of hydrogen-bond acceptors (Lipinski definition) is 4. The molecule has 1 aliphatic rings. The first-order valence-electron chi connectivity index (χ1n) is 9.26. The second-order valence-electron chi connectivity index (χ2n) is 7.10. The van der Waals surface area contributed by atoms with E-state index in [0.717, 1.165) is 29.0 Å². The molecule has 0 aliphatic carbocycles. The molecule has 7 heteroatoms. The summed E-state index contributed by atoms with van der Waals surface area (Å²) in [4.78, 5) is 28.3. The molecule has 1 aliphatic heterocycles. The molecule has 1 atom stereocenters. The predicted molar refractivity (Wildman–Crippen MR) is 108 cm³/mol. The van der Waals surface area contributed by atoms with E-state index in [4.69, 9.17) is 0 Å². The van der Waals surface area contributed by atoms with Crippen molar-refractivity contribution in [3.63, 3.8) is 0 Å². The number of aromatic carboxylic acids is 1. The fraction of sp³-hybridized carbons (Fsp3) is 0.286. The molecule has 1 saturated heterocycles. The largest absolute Gasteiger partial charge is 0.478 e. The van der Waals surface area contributed by atoms with Gasteiger partial charge in [-0.25, -0.2) is 4.79 Å². The average molecular weight is 395 g/mol. The van der Waals surface area contributed by atoms with Gasteiger partial charge in [-0.3, -0.25) is 9.89 Å². The summed E-state index contributed by atoms with van der Waals surface area (Å²) in [6.45, 7) is 3.31. The number of piperidine rings is 1. The van der Waals surface area contributed by atoms with E-state index in [1.807, 2.05) is 36.1 Å². The summed E-state index contributed by atoms with van der Waals surface area (Å²) >= 11 is 1.66. The number of carbonyl (C=O) groups excluding carboxylic acids is 1. The number of aromatic nitrogens is 2. The molecule has 1 unspecified atom stereocenters. The molecule has 1 aromatic carbocycles. The van der Waals surface area contributed by atoms with Gasteiger partial charge in [0, 0.05) is 23.9 Å². The Kier molecular flexibility index (Phi) is 5.00. The van der Waals surface area contributed by atoms with Crippen molar-refractivity contribution in [1.82, 2.24) is 15.1 Å². The van der Waals surface area contributed by atoms with E-state index in [9.17, 15) is 14.7 Å². The highest BCUT2D eigenvalue weighted by molar-refractivity contribution is 7.15. The molecule has 0 spiro atoms. The number of thiophene rings is 1. The number of benzene rings is 1. The summed E-state index contributed by atoms with van der Waals surface area (Å²) in [6, 6.07) is 12.9. The Morgan fingerprint density at radius 2 is 2.11 bits per heavy atom. The third-order valence-corrected chi connectivity index (χ3v) is 6.15. The minimum atomic E-state index is -0.932. The van der Waals surface area contributed by atoms with Crippen LogP contribution in [0.15, 0.2) is 42.5 Å². The number of nitrogens with zero attached hydrogens (tertiary/aromatic N) is 2. The Morgan fingerprint density at radius 3 is 2.86 bits per heavy atom. The van der Waals surface area contributed by atoms with Crippen LogP contribution in [0.5, 0.6) is 0 Å². The molecule has 6 nitrogen and oxygen atoms in total. The van der Waals surface area contributed by atoms with Crippen LogP contribution in [0.2, 0.25) is 0 Å². The van der Waals surface area contributed by atoms with Crippen LogP contribution in [0, 0.1) is 6.92 Å². The summed E-state index contributed by atoms with van der Waals surface area (Å²) in [5.74, 6) is -0.885. The van der Waals surface area contributed by atoms with Gasteiger partial charge in [0.2, 0.25) is 0 Å². The number of aryl methyl sites for hydroxylation is 1. The number of nitrogens with one attached hydrogen (secondary N) is 1. The van der Waals surface area contributed by atoms with E-state index in [1.54, 1.807) is 29.5 Å². The van der Waals surface area contributed by atoms with Crippen molar-refractivity contribution in [2.24, 2.45) is 0 Å². The number of likely N-dealkylation sites (tertiary alicyclic amines) is 1. The lowest BCUT2D eigenvalue weighted by Crippen LogP contribution is -2.39.